The van der Waals surface area contributed by atoms with Crippen molar-refractivity contribution in [3.63, 3.8) is 0 Å². The van der Waals surface area contributed by atoms with Crippen LogP contribution in [0.25, 0.3) is 0 Å². The van der Waals surface area contributed by atoms with Crippen LogP contribution in [0.3, 0.4) is 0 Å². The molecule has 0 fully saturated rings. The zero-order chi connectivity index (χ0) is 4.50. The Labute approximate surface area is 77.1 Å². The maximum atomic E-state index is 8.55. The normalized spacial score (nSPS) is 6.56. The van der Waals surface area contributed by atoms with E-state index in [9.17, 15) is 0 Å². The molecule has 1 radical (unpaired) electrons. The Bertz CT molecular complexity index is 59.2. The van der Waals surface area contributed by atoms with Gasteiger partial charge in [-0.15, -0.1) is 0 Å². The first kappa shape index (κ1) is 31.8. The summed E-state index contributed by atoms with van der Waals surface area (Å²) < 4.78 is 8.55. The molecular weight excluding hydrogens is 227 g/mol. The van der Waals surface area contributed by atoms with Crippen molar-refractivity contribution in [3.05, 3.63) is 0 Å². The Morgan fingerprint density at radius 1 is 1.00 bits per heavy atom. The molecule has 0 aliphatic carbocycles. The molecule has 0 unspecified atom stereocenters. The van der Waals surface area contributed by atoms with E-state index in [4.69, 9.17) is 19.2 Å². The van der Waals surface area contributed by atoms with Gasteiger partial charge < -0.3 is 30.2 Å². The first-order valence-corrected chi connectivity index (χ1v) is 2.19. The van der Waals surface area contributed by atoms with Crippen molar-refractivity contribution in [1.29, 1.82) is 0 Å². The van der Waals surface area contributed by atoms with Gasteiger partial charge in [0, 0.05) is 0 Å². The molecule has 0 aromatic rings. The molecule has 0 spiro atoms. The largest absolute Gasteiger partial charge is 4.00 e. The van der Waals surface area contributed by atoms with Crippen LogP contribution in [0, 0.1) is 0 Å². The molecular formula is CrO6PTi. The summed E-state index contributed by atoms with van der Waals surface area (Å²) in [6.07, 6.45) is 0. The molecule has 0 aromatic carbocycles. The summed E-state index contributed by atoms with van der Waals surface area (Å²) in [7, 11) is -5.39. The number of phosphoric acid groups is 1. The summed E-state index contributed by atoms with van der Waals surface area (Å²) in [5.74, 6) is 0. The quantitative estimate of drug-likeness (QED) is 0.319. The Morgan fingerprint density at radius 3 is 1.00 bits per heavy atom. The van der Waals surface area contributed by atoms with E-state index in [1.165, 1.54) is 0 Å². The fraction of sp³-hybridized carbons (Fsp3) is 0. The van der Waals surface area contributed by atoms with Crippen LogP contribution in [0.4, 0.5) is 0 Å². The molecule has 0 aliphatic heterocycles. The number of rotatable bonds is 0. The van der Waals surface area contributed by atoms with Crippen molar-refractivity contribution in [2.24, 2.45) is 0 Å². The van der Waals surface area contributed by atoms with Gasteiger partial charge in [-0.1, -0.05) is 0 Å². The van der Waals surface area contributed by atoms with E-state index in [-0.39, 0.29) is 50.0 Å². The SMILES string of the molecule is O=P([O-])([O-])[O-].[Cr+3].[O-2].[O-2].[Ti+4]. The first-order chi connectivity index (χ1) is 2.00. The molecule has 9 heavy (non-hydrogen) atoms. The maximum Gasteiger partial charge on any atom is 4.00 e. The minimum Gasteiger partial charge on any atom is -2.00 e. The first-order valence-electron chi connectivity index (χ1n) is 0.730. The molecule has 0 atom stereocenters. The topological polar surface area (TPSA) is 143 Å². The second-order valence-corrected chi connectivity index (χ2v) is 1.34. The van der Waals surface area contributed by atoms with E-state index in [0.717, 1.165) is 0 Å². The molecule has 0 heterocycles. The van der Waals surface area contributed by atoms with Crippen LogP contribution in [0.5, 0.6) is 0 Å². The maximum absolute atomic E-state index is 8.55. The van der Waals surface area contributed by atoms with Crippen molar-refractivity contribution in [2.75, 3.05) is 0 Å². The summed E-state index contributed by atoms with van der Waals surface area (Å²) >= 11 is 0. The van der Waals surface area contributed by atoms with E-state index >= 15 is 0 Å². The second-order valence-electron chi connectivity index (χ2n) is 0.447. The zero-order valence-corrected chi connectivity index (χ0v) is 7.54. The average molecular weight is 227 g/mol. The molecule has 0 aliphatic rings. The third-order valence-electron chi connectivity index (χ3n) is 0. The fourth-order valence-electron chi connectivity index (χ4n) is 0. The van der Waals surface area contributed by atoms with Crippen molar-refractivity contribution < 1.29 is 69.3 Å². The molecule has 0 bridgehead atoms. The minimum absolute atomic E-state index is 0. The van der Waals surface area contributed by atoms with Crippen LogP contribution in [-0.2, 0) is 54.6 Å². The van der Waals surface area contributed by atoms with Gasteiger partial charge in [0.1, 0.15) is 0 Å². The molecule has 51 valence electrons. The Morgan fingerprint density at radius 2 is 1.00 bits per heavy atom. The van der Waals surface area contributed by atoms with Gasteiger partial charge in [0.05, 0.1) is 0 Å². The van der Waals surface area contributed by atoms with Crippen LogP contribution in [-0.4, -0.2) is 0 Å². The molecule has 0 amide bonds. The summed E-state index contributed by atoms with van der Waals surface area (Å²) in [5, 5.41) is 0. The van der Waals surface area contributed by atoms with Gasteiger partial charge in [-0.3, -0.25) is 0 Å². The molecule has 0 saturated heterocycles. The Kier molecular flexibility index (Phi) is 42.4. The molecule has 0 aromatic heterocycles. The van der Waals surface area contributed by atoms with Crippen LogP contribution in [0.15, 0.2) is 0 Å². The van der Waals surface area contributed by atoms with Crippen LogP contribution < -0.4 is 14.7 Å². The predicted molar refractivity (Wildman–Crippen MR) is 8.98 cm³/mol. The van der Waals surface area contributed by atoms with Gasteiger partial charge in [0.2, 0.25) is 0 Å². The monoisotopic (exact) mass is 227 g/mol. The van der Waals surface area contributed by atoms with Crippen molar-refractivity contribution in [2.45, 2.75) is 0 Å². The van der Waals surface area contributed by atoms with Crippen LogP contribution in [0.2, 0.25) is 0 Å². The van der Waals surface area contributed by atoms with Crippen molar-refractivity contribution >= 4 is 7.82 Å². The number of hydrogen-bond donors (Lipinski definition) is 0. The van der Waals surface area contributed by atoms with Gasteiger partial charge in [-0.2, -0.15) is 7.82 Å². The molecule has 9 heteroatoms. The van der Waals surface area contributed by atoms with Gasteiger partial charge in [0.15, 0.2) is 0 Å². The summed E-state index contributed by atoms with van der Waals surface area (Å²) in [5.41, 5.74) is 0. The van der Waals surface area contributed by atoms with E-state index < -0.39 is 7.82 Å². The average Bonchev–Trinajstić information content (AvgIpc) is 0.722. The third kappa shape index (κ3) is 301. The minimum atomic E-state index is -5.39. The van der Waals surface area contributed by atoms with Gasteiger partial charge in [-0.05, 0) is 0 Å². The molecule has 0 N–H and O–H groups in total. The van der Waals surface area contributed by atoms with E-state index in [1.54, 1.807) is 0 Å². The Balaban J connectivity index is -0.0000000133. The zero-order valence-electron chi connectivity index (χ0n) is 3.80. The van der Waals surface area contributed by atoms with Crippen molar-refractivity contribution in [3.8, 4) is 0 Å². The standard InChI is InChI=1S/Cr.H3O4P.2O.Ti/c;1-5(2,3)4;;;/h;(H3,1,2,3,4);;;/q+3;;2*-2;+4/p-3. The summed E-state index contributed by atoms with van der Waals surface area (Å²) in [6.45, 7) is 0. The molecule has 6 nitrogen and oxygen atoms in total. The second kappa shape index (κ2) is 12.0. The fourth-order valence-corrected chi connectivity index (χ4v) is 0. The third-order valence-corrected chi connectivity index (χ3v) is 0. The smallest absolute Gasteiger partial charge is 2.00 e. The number of hydrogen-bond acceptors (Lipinski definition) is 4. The van der Waals surface area contributed by atoms with Gasteiger partial charge >= 0.3 is 39.1 Å². The molecule has 0 saturated carbocycles. The van der Waals surface area contributed by atoms with Crippen LogP contribution in [0.1, 0.15) is 0 Å². The molecule has 0 rings (SSSR count). The van der Waals surface area contributed by atoms with Gasteiger partial charge in [-0.25, -0.2) is 0 Å². The van der Waals surface area contributed by atoms with Gasteiger partial charge in [0.25, 0.3) is 0 Å². The van der Waals surface area contributed by atoms with Crippen molar-refractivity contribution in [1.82, 2.24) is 0 Å². The Hall–Kier alpha value is 1.28. The van der Waals surface area contributed by atoms with E-state index in [2.05, 4.69) is 0 Å². The van der Waals surface area contributed by atoms with E-state index in [1.807, 2.05) is 0 Å². The summed E-state index contributed by atoms with van der Waals surface area (Å²) in [4.78, 5) is 25.6. The summed E-state index contributed by atoms with van der Waals surface area (Å²) in [6, 6.07) is 0. The predicted octanol–water partition coefficient (Wildman–Crippen LogP) is -3.07. The van der Waals surface area contributed by atoms with E-state index in [0.29, 0.717) is 0 Å². The van der Waals surface area contributed by atoms with Crippen LogP contribution >= 0.6 is 7.82 Å².